The summed E-state index contributed by atoms with van der Waals surface area (Å²) in [4.78, 5) is 36.9. The van der Waals surface area contributed by atoms with E-state index in [9.17, 15) is 9.59 Å². The maximum Gasteiger partial charge on any atom is 0.340 e. The molecule has 0 atom stereocenters. The van der Waals surface area contributed by atoms with Gasteiger partial charge in [-0.3, -0.25) is 4.79 Å². The van der Waals surface area contributed by atoms with Crippen molar-refractivity contribution in [2.75, 3.05) is 37.7 Å². The summed E-state index contributed by atoms with van der Waals surface area (Å²) < 4.78 is 6.75. The molecular weight excluding hydrogens is 372 g/mol. The molecule has 0 saturated carbocycles. The van der Waals surface area contributed by atoms with Crippen LogP contribution in [0.4, 0.5) is 5.82 Å². The van der Waals surface area contributed by atoms with E-state index < -0.39 is 5.97 Å². The smallest absolute Gasteiger partial charge is 0.340 e. The monoisotopic (exact) mass is 392 g/mol. The van der Waals surface area contributed by atoms with Gasteiger partial charge in [0.2, 0.25) is 0 Å². The summed E-state index contributed by atoms with van der Waals surface area (Å²) in [5, 5.41) is 4.08. The van der Waals surface area contributed by atoms with Crippen molar-refractivity contribution in [3.63, 3.8) is 0 Å². The lowest BCUT2D eigenvalue weighted by atomic mass is 10.3. The molecule has 0 aliphatic carbocycles. The SMILES string of the molecule is O=C(OCC(=O)N1CCN(c2ccccn2)CC1)c1ccc(-n2cccn2)nc1. The van der Waals surface area contributed by atoms with Crippen LogP contribution in [-0.2, 0) is 9.53 Å². The van der Waals surface area contributed by atoms with E-state index in [-0.39, 0.29) is 18.1 Å². The van der Waals surface area contributed by atoms with E-state index in [1.165, 1.54) is 6.20 Å². The van der Waals surface area contributed by atoms with E-state index in [1.54, 1.807) is 46.4 Å². The van der Waals surface area contributed by atoms with Gasteiger partial charge in [0, 0.05) is 51.0 Å². The summed E-state index contributed by atoms with van der Waals surface area (Å²) in [6.45, 7) is 2.22. The standard InChI is InChI=1S/C20H20N6O3/c27-19(25-12-10-24(11-13-25)17-4-1-2-7-21-17)15-29-20(28)16-5-6-18(22-14-16)26-9-3-8-23-26/h1-9,14H,10-13,15H2. The summed E-state index contributed by atoms with van der Waals surface area (Å²) in [6, 6.07) is 10.8. The molecule has 4 heterocycles. The number of rotatable bonds is 5. The Balaban J connectivity index is 1.26. The number of nitrogens with zero attached hydrogens (tertiary/aromatic N) is 6. The Morgan fingerprint density at radius 1 is 0.931 bits per heavy atom. The first-order chi connectivity index (χ1) is 14.2. The van der Waals surface area contributed by atoms with Gasteiger partial charge < -0.3 is 14.5 Å². The van der Waals surface area contributed by atoms with E-state index in [4.69, 9.17) is 4.74 Å². The van der Waals surface area contributed by atoms with Crippen molar-refractivity contribution in [2.45, 2.75) is 0 Å². The van der Waals surface area contributed by atoms with Crippen LogP contribution in [0.15, 0.2) is 61.2 Å². The van der Waals surface area contributed by atoms with Crippen molar-refractivity contribution in [1.82, 2.24) is 24.6 Å². The average molecular weight is 392 g/mol. The average Bonchev–Trinajstić information content (AvgIpc) is 3.33. The van der Waals surface area contributed by atoms with Gasteiger partial charge in [-0.05, 0) is 30.3 Å². The van der Waals surface area contributed by atoms with Crippen molar-refractivity contribution in [3.8, 4) is 5.82 Å². The zero-order valence-electron chi connectivity index (χ0n) is 15.7. The number of aromatic nitrogens is 4. The molecular formula is C20H20N6O3. The van der Waals surface area contributed by atoms with E-state index in [1.807, 2.05) is 18.2 Å². The van der Waals surface area contributed by atoms with Crippen LogP contribution >= 0.6 is 0 Å². The summed E-state index contributed by atoms with van der Waals surface area (Å²) in [5.41, 5.74) is 0.286. The fraction of sp³-hybridized carbons (Fsp3) is 0.250. The summed E-state index contributed by atoms with van der Waals surface area (Å²) in [7, 11) is 0. The Morgan fingerprint density at radius 2 is 1.79 bits per heavy atom. The van der Waals surface area contributed by atoms with Gasteiger partial charge in [-0.2, -0.15) is 5.10 Å². The highest BCUT2D eigenvalue weighted by atomic mass is 16.5. The first kappa shape index (κ1) is 18.6. The zero-order valence-corrected chi connectivity index (χ0v) is 15.7. The number of esters is 1. The molecule has 0 bridgehead atoms. The zero-order chi connectivity index (χ0) is 20.1. The molecule has 1 aliphatic heterocycles. The first-order valence-electron chi connectivity index (χ1n) is 9.28. The van der Waals surface area contributed by atoms with Crippen LogP contribution in [-0.4, -0.2) is 69.3 Å². The maximum atomic E-state index is 12.4. The van der Waals surface area contributed by atoms with Crippen LogP contribution in [0.1, 0.15) is 10.4 Å². The molecule has 9 nitrogen and oxygen atoms in total. The second-order valence-electron chi connectivity index (χ2n) is 6.49. The molecule has 9 heteroatoms. The molecule has 0 N–H and O–H groups in total. The van der Waals surface area contributed by atoms with Crippen molar-refractivity contribution < 1.29 is 14.3 Å². The van der Waals surface area contributed by atoms with Crippen LogP contribution in [0.3, 0.4) is 0 Å². The van der Waals surface area contributed by atoms with Crippen molar-refractivity contribution in [1.29, 1.82) is 0 Å². The number of ether oxygens (including phenoxy) is 1. The minimum atomic E-state index is -0.579. The normalized spacial score (nSPS) is 13.9. The van der Waals surface area contributed by atoms with Crippen LogP contribution in [0.5, 0.6) is 0 Å². The largest absolute Gasteiger partial charge is 0.452 e. The van der Waals surface area contributed by atoms with Crippen LogP contribution in [0, 0.1) is 0 Å². The number of amides is 1. The molecule has 1 fully saturated rings. The summed E-state index contributed by atoms with van der Waals surface area (Å²) in [6.07, 6.45) is 6.57. The topological polar surface area (TPSA) is 93.5 Å². The fourth-order valence-electron chi connectivity index (χ4n) is 3.07. The molecule has 29 heavy (non-hydrogen) atoms. The van der Waals surface area contributed by atoms with Crippen molar-refractivity contribution >= 4 is 17.7 Å². The Kier molecular flexibility index (Phi) is 5.46. The highest BCUT2D eigenvalue weighted by molar-refractivity contribution is 5.91. The number of piperazine rings is 1. The second-order valence-corrected chi connectivity index (χ2v) is 6.49. The third kappa shape index (κ3) is 4.40. The molecule has 0 spiro atoms. The molecule has 1 saturated heterocycles. The lowest BCUT2D eigenvalue weighted by Gasteiger charge is -2.35. The number of carbonyl (C=O) groups excluding carboxylic acids is 2. The highest BCUT2D eigenvalue weighted by Gasteiger charge is 2.23. The quantitative estimate of drug-likeness (QED) is 0.602. The van der Waals surface area contributed by atoms with E-state index in [0.717, 1.165) is 5.82 Å². The van der Waals surface area contributed by atoms with E-state index in [0.29, 0.717) is 32.0 Å². The van der Waals surface area contributed by atoms with E-state index in [2.05, 4.69) is 20.0 Å². The van der Waals surface area contributed by atoms with Crippen molar-refractivity contribution in [3.05, 3.63) is 66.7 Å². The van der Waals surface area contributed by atoms with Crippen LogP contribution < -0.4 is 4.90 Å². The van der Waals surface area contributed by atoms with Gasteiger partial charge in [-0.25, -0.2) is 19.4 Å². The molecule has 148 valence electrons. The Bertz CT molecular complexity index is 952. The third-order valence-corrected chi connectivity index (χ3v) is 4.66. The molecule has 0 unspecified atom stereocenters. The number of anilines is 1. The maximum absolute atomic E-state index is 12.4. The van der Waals surface area contributed by atoms with Crippen LogP contribution in [0.2, 0.25) is 0 Å². The van der Waals surface area contributed by atoms with Gasteiger partial charge in [-0.15, -0.1) is 0 Å². The number of hydrogen-bond acceptors (Lipinski definition) is 7. The number of pyridine rings is 2. The minimum absolute atomic E-state index is 0.208. The lowest BCUT2D eigenvalue weighted by Crippen LogP contribution is -2.50. The predicted molar refractivity (Wildman–Crippen MR) is 105 cm³/mol. The molecule has 0 aromatic carbocycles. The molecule has 3 aromatic heterocycles. The predicted octanol–water partition coefficient (Wildman–Crippen LogP) is 1.17. The summed E-state index contributed by atoms with van der Waals surface area (Å²) >= 11 is 0. The molecule has 0 radical (unpaired) electrons. The molecule has 4 rings (SSSR count). The van der Waals surface area contributed by atoms with E-state index >= 15 is 0 Å². The minimum Gasteiger partial charge on any atom is -0.452 e. The number of hydrogen-bond donors (Lipinski definition) is 0. The number of carbonyl (C=O) groups is 2. The van der Waals surface area contributed by atoms with Gasteiger partial charge in [0.05, 0.1) is 5.56 Å². The van der Waals surface area contributed by atoms with Gasteiger partial charge in [0.15, 0.2) is 12.4 Å². The fourth-order valence-corrected chi connectivity index (χ4v) is 3.07. The molecule has 1 aliphatic rings. The van der Waals surface area contributed by atoms with Gasteiger partial charge in [-0.1, -0.05) is 6.07 Å². The molecule has 3 aromatic rings. The van der Waals surface area contributed by atoms with Gasteiger partial charge in [0.25, 0.3) is 5.91 Å². The van der Waals surface area contributed by atoms with Crippen LogP contribution in [0.25, 0.3) is 5.82 Å². The lowest BCUT2D eigenvalue weighted by molar-refractivity contribution is -0.134. The first-order valence-corrected chi connectivity index (χ1v) is 9.28. The Hall–Kier alpha value is -3.75. The Labute approximate surface area is 167 Å². The summed E-state index contributed by atoms with van der Waals surface area (Å²) in [5.74, 6) is 0.704. The highest BCUT2D eigenvalue weighted by Crippen LogP contribution is 2.13. The van der Waals surface area contributed by atoms with Gasteiger partial charge in [0.1, 0.15) is 5.82 Å². The third-order valence-electron chi connectivity index (χ3n) is 4.66. The molecule has 1 amide bonds. The van der Waals surface area contributed by atoms with Crippen molar-refractivity contribution in [2.24, 2.45) is 0 Å². The van der Waals surface area contributed by atoms with Gasteiger partial charge >= 0.3 is 5.97 Å². The Morgan fingerprint density at radius 3 is 2.45 bits per heavy atom. The second kappa shape index (κ2) is 8.51.